The first-order valence-corrected chi connectivity index (χ1v) is 7.28. The number of amides is 1. The summed E-state index contributed by atoms with van der Waals surface area (Å²) in [6.45, 7) is 3.33. The fourth-order valence-corrected chi connectivity index (χ4v) is 3.13. The number of aromatic nitrogens is 1. The van der Waals surface area contributed by atoms with Crippen LogP contribution in [0.4, 0.5) is 0 Å². The number of halogens is 1. The van der Waals surface area contributed by atoms with Crippen LogP contribution >= 0.6 is 15.9 Å². The summed E-state index contributed by atoms with van der Waals surface area (Å²) in [5.41, 5.74) is 6.35. The lowest BCUT2D eigenvalue weighted by atomic mass is 9.97. The van der Waals surface area contributed by atoms with Gasteiger partial charge >= 0.3 is 0 Å². The Morgan fingerprint density at radius 1 is 1.56 bits per heavy atom. The maximum atomic E-state index is 12.3. The molecule has 3 N–H and O–H groups in total. The molecule has 1 aliphatic carbocycles. The number of carbonyl (C=O) groups is 1. The van der Waals surface area contributed by atoms with Gasteiger partial charge in [-0.3, -0.25) is 4.79 Å². The zero-order chi connectivity index (χ0) is 13.2. The minimum Gasteiger partial charge on any atom is -0.344 e. The second-order valence-electron chi connectivity index (χ2n) is 4.98. The fourth-order valence-electron chi connectivity index (χ4n) is 2.66. The van der Waals surface area contributed by atoms with Crippen molar-refractivity contribution in [3.8, 4) is 0 Å². The van der Waals surface area contributed by atoms with E-state index in [2.05, 4.69) is 21.2 Å². The molecule has 1 saturated carbocycles. The minimum atomic E-state index is -0.188. The highest BCUT2D eigenvalue weighted by Crippen LogP contribution is 2.29. The van der Waals surface area contributed by atoms with E-state index in [1.165, 1.54) is 0 Å². The van der Waals surface area contributed by atoms with Gasteiger partial charge in [-0.2, -0.15) is 0 Å². The molecule has 0 atom stereocenters. The van der Waals surface area contributed by atoms with Crippen molar-refractivity contribution < 1.29 is 4.79 Å². The van der Waals surface area contributed by atoms with Crippen LogP contribution < -0.4 is 11.1 Å². The van der Waals surface area contributed by atoms with E-state index in [-0.39, 0.29) is 11.4 Å². The Bertz CT molecular complexity index is 435. The van der Waals surface area contributed by atoms with E-state index in [1.54, 1.807) is 0 Å². The zero-order valence-corrected chi connectivity index (χ0v) is 12.3. The van der Waals surface area contributed by atoms with E-state index in [1.807, 2.05) is 23.8 Å². The van der Waals surface area contributed by atoms with Gasteiger partial charge in [0.25, 0.3) is 5.91 Å². The summed E-state index contributed by atoms with van der Waals surface area (Å²) < 4.78 is 2.88. The molecule has 0 saturated heterocycles. The van der Waals surface area contributed by atoms with Gasteiger partial charge in [0.2, 0.25) is 0 Å². The number of rotatable bonds is 4. The van der Waals surface area contributed by atoms with E-state index < -0.39 is 0 Å². The van der Waals surface area contributed by atoms with Crippen molar-refractivity contribution in [2.45, 2.75) is 44.7 Å². The topological polar surface area (TPSA) is 60.0 Å². The Morgan fingerprint density at radius 2 is 2.22 bits per heavy atom. The Hall–Kier alpha value is -0.810. The molecule has 0 aromatic carbocycles. The van der Waals surface area contributed by atoms with Crippen molar-refractivity contribution >= 4 is 21.8 Å². The zero-order valence-electron chi connectivity index (χ0n) is 10.7. The van der Waals surface area contributed by atoms with Crippen LogP contribution in [-0.2, 0) is 6.54 Å². The summed E-state index contributed by atoms with van der Waals surface area (Å²) >= 11 is 3.41. The molecule has 0 unspecified atom stereocenters. The minimum absolute atomic E-state index is 0.0186. The molecule has 4 nitrogen and oxygen atoms in total. The largest absolute Gasteiger partial charge is 0.344 e. The third-order valence-corrected chi connectivity index (χ3v) is 4.20. The van der Waals surface area contributed by atoms with Crippen molar-refractivity contribution in [2.24, 2.45) is 5.73 Å². The predicted molar refractivity (Wildman–Crippen MR) is 75.5 cm³/mol. The molecule has 5 heteroatoms. The highest BCUT2D eigenvalue weighted by Gasteiger charge is 2.34. The molecule has 1 amide bonds. The molecule has 1 heterocycles. The van der Waals surface area contributed by atoms with Crippen molar-refractivity contribution in [3.63, 3.8) is 0 Å². The molecular weight excluding hydrogens is 294 g/mol. The Labute approximate surface area is 116 Å². The first-order chi connectivity index (χ1) is 8.60. The molecule has 0 bridgehead atoms. The van der Waals surface area contributed by atoms with Crippen LogP contribution in [0.15, 0.2) is 16.7 Å². The predicted octanol–water partition coefficient (Wildman–Crippen LogP) is 2.27. The Balaban J connectivity index is 2.16. The molecular formula is C13H20BrN3O. The second kappa shape index (κ2) is 5.45. The maximum absolute atomic E-state index is 12.3. The average Bonchev–Trinajstić information content (AvgIpc) is 2.96. The van der Waals surface area contributed by atoms with Crippen LogP contribution in [-0.4, -0.2) is 22.6 Å². The third-order valence-electron chi connectivity index (χ3n) is 3.77. The van der Waals surface area contributed by atoms with Gasteiger partial charge in [0.15, 0.2) is 0 Å². The number of hydrogen-bond acceptors (Lipinski definition) is 2. The normalized spacial score (nSPS) is 17.9. The molecule has 1 aromatic heterocycles. The third kappa shape index (κ3) is 2.62. The maximum Gasteiger partial charge on any atom is 0.268 e. The van der Waals surface area contributed by atoms with Crippen LogP contribution in [0.2, 0.25) is 0 Å². The van der Waals surface area contributed by atoms with Gasteiger partial charge in [0, 0.05) is 23.8 Å². The summed E-state index contributed by atoms with van der Waals surface area (Å²) in [5, 5.41) is 3.14. The molecule has 0 aliphatic heterocycles. The van der Waals surface area contributed by atoms with Crippen LogP contribution in [0.3, 0.4) is 0 Å². The Morgan fingerprint density at radius 3 is 2.78 bits per heavy atom. The summed E-state index contributed by atoms with van der Waals surface area (Å²) in [6, 6.07) is 1.86. The summed E-state index contributed by atoms with van der Waals surface area (Å²) in [5.74, 6) is -0.0186. The number of hydrogen-bond donors (Lipinski definition) is 2. The van der Waals surface area contributed by atoms with E-state index >= 15 is 0 Å². The number of nitrogens with two attached hydrogens (primary N) is 1. The van der Waals surface area contributed by atoms with Crippen LogP contribution in [0.25, 0.3) is 0 Å². The van der Waals surface area contributed by atoms with Gasteiger partial charge in [0.1, 0.15) is 5.69 Å². The lowest BCUT2D eigenvalue weighted by Crippen LogP contribution is -2.52. The average molecular weight is 314 g/mol. The monoisotopic (exact) mass is 313 g/mol. The van der Waals surface area contributed by atoms with E-state index in [0.717, 1.165) is 36.7 Å². The smallest absolute Gasteiger partial charge is 0.268 e. The highest BCUT2D eigenvalue weighted by atomic mass is 79.9. The molecule has 1 aliphatic rings. The molecule has 0 radical (unpaired) electrons. The van der Waals surface area contributed by atoms with Gasteiger partial charge in [-0.15, -0.1) is 0 Å². The molecule has 100 valence electrons. The van der Waals surface area contributed by atoms with Gasteiger partial charge in [0.05, 0.1) is 5.54 Å². The highest BCUT2D eigenvalue weighted by molar-refractivity contribution is 9.10. The van der Waals surface area contributed by atoms with Gasteiger partial charge in [-0.1, -0.05) is 12.8 Å². The summed E-state index contributed by atoms with van der Waals surface area (Å²) in [7, 11) is 0. The van der Waals surface area contributed by atoms with Crippen molar-refractivity contribution in [1.82, 2.24) is 9.88 Å². The number of aryl methyl sites for hydroxylation is 1. The summed E-state index contributed by atoms with van der Waals surface area (Å²) in [4.78, 5) is 12.3. The van der Waals surface area contributed by atoms with Gasteiger partial charge in [-0.25, -0.2) is 0 Å². The number of nitrogens with zero attached hydrogens (tertiary/aromatic N) is 1. The molecule has 18 heavy (non-hydrogen) atoms. The number of nitrogens with one attached hydrogen (secondary N) is 1. The van der Waals surface area contributed by atoms with Gasteiger partial charge < -0.3 is 15.6 Å². The molecule has 1 aromatic rings. The second-order valence-corrected chi connectivity index (χ2v) is 5.89. The first-order valence-electron chi connectivity index (χ1n) is 6.48. The molecule has 0 spiro atoms. The van der Waals surface area contributed by atoms with Crippen LogP contribution in [0, 0.1) is 0 Å². The van der Waals surface area contributed by atoms with E-state index in [0.29, 0.717) is 12.2 Å². The fraction of sp³-hybridized carbons (Fsp3) is 0.615. The van der Waals surface area contributed by atoms with Crippen molar-refractivity contribution in [3.05, 3.63) is 22.4 Å². The standard InChI is InChI=1S/C13H20BrN3O/c1-2-17-8-10(14)7-11(17)12(18)16-13(9-15)5-3-4-6-13/h7-8H,2-6,9,15H2,1H3,(H,16,18). The van der Waals surface area contributed by atoms with E-state index in [4.69, 9.17) is 5.73 Å². The van der Waals surface area contributed by atoms with E-state index in [9.17, 15) is 4.79 Å². The SMILES string of the molecule is CCn1cc(Br)cc1C(=O)NC1(CN)CCCC1. The van der Waals surface area contributed by atoms with Crippen molar-refractivity contribution in [1.29, 1.82) is 0 Å². The lowest BCUT2D eigenvalue weighted by Gasteiger charge is -2.28. The summed E-state index contributed by atoms with van der Waals surface area (Å²) in [6.07, 6.45) is 6.21. The first kappa shape index (κ1) is 13.6. The van der Waals surface area contributed by atoms with Crippen molar-refractivity contribution in [2.75, 3.05) is 6.54 Å². The lowest BCUT2D eigenvalue weighted by molar-refractivity contribution is 0.0893. The van der Waals surface area contributed by atoms with Crippen LogP contribution in [0.5, 0.6) is 0 Å². The molecule has 1 fully saturated rings. The van der Waals surface area contributed by atoms with Gasteiger partial charge in [-0.05, 0) is 41.8 Å². The molecule has 2 rings (SSSR count). The number of carbonyl (C=O) groups excluding carboxylic acids is 1. The quantitative estimate of drug-likeness (QED) is 0.895. The Kier molecular flexibility index (Phi) is 4.12. The van der Waals surface area contributed by atoms with Crippen LogP contribution in [0.1, 0.15) is 43.1 Å².